The van der Waals surface area contributed by atoms with Crippen LogP contribution in [0.3, 0.4) is 0 Å². The van der Waals surface area contributed by atoms with Gasteiger partial charge in [0.05, 0.1) is 7.11 Å². The van der Waals surface area contributed by atoms with Gasteiger partial charge < -0.3 is 9.64 Å². The molecule has 1 saturated carbocycles. The van der Waals surface area contributed by atoms with Gasteiger partial charge in [0, 0.05) is 0 Å². The standard InChI is InChI=1S/C25H33NO/c1-20-7-5-8-22(19-20)25(13-6-14-25)15-18-26-16-11-21(12-17-26)23-9-3-4-10-24(23)27-2/h3-5,7-10,19,21H,6,11-18H2,1-2H3. The van der Waals surface area contributed by atoms with Crippen molar-refractivity contribution in [2.45, 2.75) is 56.8 Å². The third-order valence-corrected chi connectivity index (χ3v) is 7.01. The molecule has 2 aromatic rings. The van der Waals surface area contributed by atoms with E-state index < -0.39 is 0 Å². The van der Waals surface area contributed by atoms with Gasteiger partial charge in [0.25, 0.3) is 0 Å². The van der Waals surface area contributed by atoms with E-state index in [1.165, 1.54) is 69.3 Å². The second-order valence-corrected chi connectivity index (χ2v) is 8.61. The van der Waals surface area contributed by atoms with E-state index in [1.54, 1.807) is 12.7 Å². The van der Waals surface area contributed by atoms with Crippen molar-refractivity contribution in [1.82, 2.24) is 4.90 Å². The van der Waals surface area contributed by atoms with Crippen molar-refractivity contribution in [2.24, 2.45) is 0 Å². The molecule has 2 fully saturated rings. The van der Waals surface area contributed by atoms with Gasteiger partial charge in [-0.1, -0.05) is 54.4 Å². The van der Waals surface area contributed by atoms with Crippen LogP contribution in [0.2, 0.25) is 0 Å². The molecular weight excluding hydrogens is 330 g/mol. The van der Waals surface area contributed by atoms with Crippen molar-refractivity contribution in [2.75, 3.05) is 26.7 Å². The maximum absolute atomic E-state index is 5.58. The molecule has 2 aromatic carbocycles. The van der Waals surface area contributed by atoms with Crippen LogP contribution in [-0.2, 0) is 5.41 Å². The highest BCUT2D eigenvalue weighted by Crippen LogP contribution is 2.47. The van der Waals surface area contributed by atoms with Crippen LogP contribution >= 0.6 is 0 Å². The van der Waals surface area contributed by atoms with E-state index in [2.05, 4.69) is 60.4 Å². The molecule has 0 N–H and O–H groups in total. The predicted molar refractivity (Wildman–Crippen MR) is 113 cm³/mol. The number of methoxy groups -OCH3 is 1. The van der Waals surface area contributed by atoms with Crippen molar-refractivity contribution in [1.29, 1.82) is 0 Å². The fourth-order valence-corrected chi connectivity index (χ4v) is 5.10. The van der Waals surface area contributed by atoms with Gasteiger partial charge in [-0.3, -0.25) is 0 Å². The zero-order valence-corrected chi connectivity index (χ0v) is 16.9. The second kappa shape index (κ2) is 8.06. The number of para-hydroxylation sites is 1. The first-order valence-corrected chi connectivity index (χ1v) is 10.6. The quantitative estimate of drug-likeness (QED) is 0.653. The highest BCUT2D eigenvalue weighted by Gasteiger charge is 2.38. The van der Waals surface area contributed by atoms with Crippen LogP contribution in [0.4, 0.5) is 0 Å². The molecule has 0 spiro atoms. The summed E-state index contributed by atoms with van der Waals surface area (Å²) in [7, 11) is 1.79. The molecule has 0 unspecified atom stereocenters. The first kappa shape index (κ1) is 18.6. The number of hydrogen-bond donors (Lipinski definition) is 0. The molecule has 0 atom stereocenters. The van der Waals surface area contributed by atoms with E-state index in [9.17, 15) is 0 Å². The van der Waals surface area contributed by atoms with Crippen LogP contribution < -0.4 is 4.74 Å². The average Bonchev–Trinajstić information content (AvgIpc) is 2.68. The Bertz CT molecular complexity index is 756. The summed E-state index contributed by atoms with van der Waals surface area (Å²) in [6, 6.07) is 17.8. The van der Waals surface area contributed by atoms with Gasteiger partial charge >= 0.3 is 0 Å². The van der Waals surface area contributed by atoms with E-state index in [1.807, 2.05) is 0 Å². The number of ether oxygens (including phenoxy) is 1. The zero-order chi connectivity index (χ0) is 18.7. The molecule has 2 heteroatoms. The Morgan fingerprint density at radius 3 is 2.48 bits per heavy atom. The molecule has 0 radical (unpaired) electrons. The first-order chi connectivity index (χ1) is 13.2. The largest absolute Gasteiger partial charge is 0.496 e. The third-order valence-electron chi connectivity index (χ3n) is 7.01. The van der Waals surface area contributed by atoms with E-state index >= 15 is 0 Å². The summed E-state index contributed by atoms with van der Waals surface area (Å²) >= 11 is 0. The van der Waals surface area contributed by atoms with E-state index in [0.717, 1.165) is 5.75 Å². The van der Waals surface area contributed by atoms with Gasteiger partial charge in [-0.05, 0) is 87.2 Å². The van der Waals surface area contributed by atoms with Crippen LogP contribution in [0, 0.1) is 6.92 Å². The van der Waals surface area contributed by atoms with Crippen molar-refractivity contribution in [3.8, 4) is 5.75 Å². The molecule has 2 aliphatic rings. The van der Waals surface area contributed by atoms with Crippen molar-refractivity contribution >= 4 is 0 Å². The average molecular weight is 364 g/mol. The van der Waals surface area contributed by atoms with Gasteiger partial charge in [-0.2, -0.15) is 0 Å². The molecule has 1 aliphatic carbocycles. The van der Waals surface area contributed by atoms with Gasteiger partial charge in [0.1, 0.15) is 5.75 Å². The minimum Gasteiger partial charge on any atom is -0.496 e. The minimum atomic E-state index is 0.450. The number of likely N-dealkylation sites (tertiary alicyclic amines) is 1. The molecule has 2 nitrogen and oxygen atoms in total. The molecule has 0 amide bonds. The summed E-state index contributed by atoms with van der Waals surface area (Å²) in [5.74, 6) is 1.70. The fourth-order valence-electron chi connectivity index (χ4n) is 5.10. The summed E-state index contributed by atoms with van der Waals surface area (Å²) in [6.07, 6.45) is 7.94. The predicted octanol–water partition coefficient (Wildman–Crippen LogP) is 5.70. The highest BCUT2D eigenvalue weighted by molar-refractivity contribution is 5.36. The molecule has 144 valence electrons. The van der Waals surface area contributed by atoms with Crippen molar-refractivity contribution < 1.29 is 4.74 Å². The van der Waals surface area contributed by atoms with E-state index in [0.29, 0.717) is 11.3 Å². The van der Waals surface area contributed by atoms with Crippen LogP contribution in [0.5, 0.6) is 5.75 Å². The van der Waals surface area contributed by atoms with E-state index in [-0.39, 0.29) is 0 Å². The lowest BCUT2D eigenvalue weighted by molar-refractivity contribution is 0.154. The molecule has 0 aromatic heterocycles. The molecule has 4 rings (SSSR count). The maximum Gasteiger partial charge on any atom is 0.122 e. The number of aryl methyl sites for hydroxylation is 1. The van der Waals surface area contributed by atoms with Crippen LogP contribution in [0.15, 0.2) is 48.5 Å². The highest BCUT2D eigenvalue weighted by atomic mass is 16.5. The lowest BCUT2D eigenvalue weighted by Crippen LogP contribution is -2.41. The Morgan fingerprint density at radius 2 is 1.81 bits per heavy atom. The lowest BCUT2D eigenvalue weighted by Gasteiger charge is -2.44. The Hall–Kier alpha value is -1.80. The maximum atomic E-state index is 5.58. The second-order valence-electron chi connectivity index (χ2n) is 8.61. The SMILES string of the molecule is COc1ccccc1C1CCN(CCC2(c3cccc(C)c3)CCC2)CC1. The Balaban J connectivity index is 1.34. The smallest absolute Gasteiger partial charge is 0.122 e. The molecular formula is C25H33NO. The Labute approximate surface area is 164 Å². The van der Waals surface area contributed by atoms with E-state index in [4.69, 9.17) is 4.74 Å². The topological polar surface area (TPSA) is 12.5 Å². The molecule has 0 bridgehead atoms. The third kappa shape index (κ3) is 3.91. The summed E-state index contributed by atoms with van der Waals surface area (Å²) in [5, 5.41) is 0. The molecule has 1 saturated heterocycles. The van der Waals surface area contributed by atoms with Gasteiger partial charge in [0.15, 0.2) is 0 Å². The summed E-state index contributed by atoms with van der Waals surface area (Å²) in [6.45, 7) is 5.89. The van der Waals surface area contributed by atoms with Gasteiger partial charge in [0.2, 0.25) is 0 Å². The molecule has 1 heterocycles. The summed E-state index contributed by atoms with van der Waals surface area (Å²) < 4.78 is 5.58. The van der Waals surface area contributed by atoms with Gasteiger partial charge in [-0.15, -0.1) is 0 Å². The minimum absolute atomic E-state index is 0.450. The lowest BCUT2D eigenvalue weighted by atomic mass is 9.62. The van der Waals surface area contributed by atoms with Crippen molar-refractivity contribution in [3.05, 3.63) is 65.2 Å². The Kier molecular flexibility index (Phi) is 5.54. The molecule has 1 aliphatic heterocycles. The van der Waals surface area contributed by atoms with Crippen LogP contribution in [0.25, 0.3) is 0 Å². The van der Waals surface area contributed by atoms with Crippen LogP contribution in [0.1, 0.15) is 61.1 Å². The molecule has 27 heavy (non-hydrogen) atoms. The monoisotopic (exact) mass is 363 g/mol. The number of piperidine rings is 1. The summed E-state index contributed by atoms with van der Waals surface area (Å²) in [5.41, 5.74) is 4.83. The first-order valence-electron chi connectivity index (χ1n) is 10.6. The fraction of sp³-hybridized carbons (Fsp3) is 0.520. The van der Waals surface area contributed by atoms with Crippen LogP contribution in [-0.4, -0.2) is 31.6 Å². The zero-order valence-electron chi connectivity index (χ0n) is 16.9. The number of rotatable bonds is 6. The number of nitrogens with zero attached hydrogens (tertiary/aromatic N) is 1. The van der Waals surface area contributed by atoms with Gasteiger partial charge in [-0.25, -0.2) is 0 Å². The Morgan fingerprint density at radius 1 is 1.04 bits per heavy atom. The van der Waals surface area contributed by atoms with Crippen molar-refractivity contribution in [3.63, 3.8) is 0 Å². The number of hydrogen-bond acceptors (Lipinski definition) is 2. The number of benzene rings is 2. The normalized spacial score (nSPS) is 20.2. The summed E-state index contributed by atoms with van der Waals surface area (Å²) in [4.78, 5) is 2.70.